The lowest BCUT2D eigenvalue weighted by Gasteiger charge is -2.14. The molecule has 0 saturated heterocycles. The maximum absolute atomic E-state index is 6.04. The zero-order chi connectivity index (χ0) is 13.8. The molecule has 0 spiro atoms. The van der Waals surface area contributed by atoms with Crippen LogP contribution in [-0.4, -0.2) is 14.2 Å². The molecule has 1 aromatic heterocycles. The molecule has 0 saturated carbocycles. The van der Waals surface area contributed by atoms with Crippen LogP contribution in [0.2, 0.25) is 10.0 Å². The van der Waals surface area contributed by atoms with Crippen molar-refractivity contribution in [2.45, 2.75) is 12.5 Å². The van der Waals surface area contributed by atoms with E-state index in [-0.39, 0.29) is 6.04 Å². The van der Waals surface area contributed by atoms with Crippen LogP contribution in [0.25, 0.3) is 0 Å². The molecule has 5 heteroatoms. The summed E-state index contributed by atoms with van der Waals surface area (Å²) in [5, 5.41) is 6.51. The van der Waals surface area contributed by atoms with Crippen molar-refractivity contribution in [3.8, 4) is 5.75 Å². The summed E-state index contributed by atoms with van der Waals surface area (Å²) in [5.74, 6) is 0.898. The van der Waals surface area contributed by atoms with Crippen molar-refractivity contribution in [3.63, 3.8) is 0 Å². The second-order valence-corrected chi connectivity index (χ2v) is 5.94. The number of nitrogens with one attached hydrogen (secondary N) is 1. The highest BCUT2D eigenvalue weighted by Crippen LogP contribution is 2.30. The number of likely N-dealkylation sites (N-methyl/N-ethyl adjacent to an activating group) is 1. The van der Waals surface area contributed by atoms with Crippen molar-refractivity contribution >= 4 is 34.5 Å². The molecule has 2 rings (SSSR count). The number of halogens is 2. The molecule has 19 heavy (non-hydrogen) atoms. The van der Waals surface area contributed by atoms with E-state index in [1.807, 2.05) is 30.6 Å². The van der Waals surface area contributed by atoms with Crippen LogP contribution in [0.5, 0.6) is 5.75 Å². The van der Waals surface area contributed by atoms with Gasteiger partial charge in [0, 0.05) is 16.3 Å². The Kier molecular flexibility index (Phi) is 5.11. The molecule has 0 aliphatic heterocycles. The number of hydrogen-bond donors (Lipinski definition) is 1. The molecule has 102 valence electrons. The van der Waals surface area contributed by atoms with Gasteiger partial charge in [-0.2, -0.15) is 0 Å². The zero-order valence-electron chi connectivity index (χ0n) is 10.7. The lowest BCUT2D eigenvalue weighted by atomic mass is 10.0. The van der Waals surface area contributed by atoms with Crippen LogP contribution in [0.4, 0.5) is 0 Å². The van der Waals surface area contributed by atoms with Crippen LogP contribution >= 0.6 is 34.5 Å². The predicted molar refractivity (Wildman–Crippen MR) is 82.8 cm³/mol. The lowest BCUT2D eigenvalue weighted by Crippen LogP contribution is -2.17. The third-order valence-electron chi connectivity index (χ3n) is 2.95. The molecule has 1 heterocycles. The highest BCUT2D eigenvalue weighted by molar-refractivity contribution is 7.10. The molecule has 0 aliphatic carbocycles. The van der Waals surface area contributed by atoms with Crippen molar-refractivity contribution < 1.29 is 4.74 Å². The first-order valence-corrected chi connectivity index (χ1v) is 7.51. The standard InChI is InChI=1S/C14H15Cl2NOS/c1-17-13(14-7-10(18-2)8-19-14)6-9-3-4-11(15)12(16)5-9/h3-5,7-8,13,17H,6H2,1-2H3. The van der Waals surface area contributed by atoms with E-state index in [9.17, 15) is 0 Å². The monoisotopic (exact) mass is 315 g/mol. The Labute approximate surface area is 127 Å². The third-order valence-corrected chi connectivity index (χ3v) is 4.71. The van der Waals surface area contributed by atoms with Gasteiger partial charge in [0.15, 0.2) is 0 Å². The van der Waals surface area contributed by atoms with Gasteiger partial charge in [0.1, 0.15) is 5.75 Å². The second kappa shape index (κ2) is 6.62. The summed E-state index contributed by atoms with van der Waals surface area (Å²) in [6.45, 7) is 0. The van der Waals surface area contributed by atoms with Gasteiger partial charge in [0.25, 0.3) is 0 Å². The Balaban J connectivity index is 2.16. The molecular formula is C14H15Cl2NOS. The first kappa shape index (κ1) is 14.7. The molecule has 0 amide bonds. The third kappa shape index (κ3) is 3.63. The molecule has 1 unspecified atom stereocenters. The minimum absolute atomic E-state index is 0.242. The topological polar surface area (TPSA) is 21.3 Å². The van der Waals surface area contributed by atoms with E-state index in [0.29, 0.717) is 10.0 Å². The average Bonchev–Trinajstić information content (AvgIpc) is 2.88. The summed E-state index contributed by atoms with van der Waals surface area (Å²) < 4.78 is 5.22. The van der Waals surface area contributed by atoms with Gasteiger partial charge in [0.05, 0.1) is 17.2 Å². The second-order valence-electron chi connectivity index (χ2n) is 4.18. The Morgan fingerprint density at radius 1 is 1.26 bits per heavy atom. The first-order chi connectivity index (χ1) is 9.13. The number of benzene rings is 1. The maximum atomic E-state index is 6.04. The van der Waals surface area contributed by atoms with Crippen LogP contribution in [0.15, 0.2) is 29.6 Å². The van der Waals surface area contributed by atoms with Gasteiger partial charge in [-0.15, -0.1) is 11.3 Å². The first-order valence-electron chi connectivity index (χ1n) is 5.87. The molecule has 1 aromatic carbocycles. The smallest absolute Gasteiger partial charge is 0.129 e. The van der Waals surface area contributed by atoms with Crippen LogP contribution in [-0.2, 0) is 6.42 Å². The van der Waals surface area contributed by atoms with Gasteiger partial charge < -0.3 is 10.1 Å². The minimum atomic E-state index is 0.242. The summed E-state index contributed by atoms with van der Waals surface area (Å²) in [7, 11) is 3.63. The molecule has 1 N–H and O–H groups in total. The van der Waals surface area contributed by atoms with Crippen molar-refractivity contribution in [1.82, 2.24) is 5.32 Å². The summed E-state index contributed by atoms with van der Waals surface area (Å²) in [6.07, 6.45) is 0.858. The quantitative estimate of drug-likeness (QED) is 0.872. The van der Waals surface area contributed by atoms with E-state index in [2.05, 4.69) is 11.4 Å². The number of rotatable bonds is 5. The average molecular weight is 316 g/mol. The van der Waals surface area contributed by atoms with Gasteiger partial charge in [-0.05, 0) is 37.2 Å². The maximum Gasteiger partial charge on any atom is 0.129 e. The Morgan fingerprint density at radius 3 is 2.63 bits per heavy atom. The van der Waals surface area contributed by atoms with Gasteiger partial charge in [-0.1, -0.05) is 29.3 Å². The number of ether oxygens (including phenoxy) is 1. The van der Waals surface area contributed by atoms with Crippen LogP contribution in [0, 0.1) is 0 Å². The number of hydrogen-bond acceptors (Lipinski definition) is 3. The molecule has 2 nitrogen and oxygen atoms in total. The normalized spacial score (nSPS) is 12.4. The predicted octanol–water partition coefficient (Wildman–Crippen LogP) is 4.57. The molecular weight excluding hydrogens is 301 g/mol. The lowest BCUT2D eigenvalue weighted by molar-refractivity contribution is 0.416. The Morgan fingerprint density at radius 2 is 2.05 bits per heavy atom. The fraction of sp³-hybridized carbons (Fsp3) is 0.286. The Hall–Kier alpha value is -0.740. The van der Waals surface area contributed by atoms with Crippen molar-refractivity contribution in [2.75, 3.05) is 14.2 Å². The van der Waals surface area contributed by atoms with E-state index < -0.39 is 0 Å². The Bertz CT molecular complexity index is 556. The van der Waals surface area contributed by atoms with E-state index in [0.717, 1.165) is 17.7 Å². The van der Waals surface area contributed by atoms with Crippen LogP contribution in [0.3, 0.4) is 0 Å². The van der Waals surface area contributed by atoms with Gasteiger partial charge in [-0.3, -0.25) is 0 Å². The molecule has 0 fully saturated rings. The van der Waals surface area contributed by atoms with E-state index in [1.165, 1.54) is 4.88 Å². The largest absolute Gasteiger partial charge is 0.496 e. The van der Waals surface area contributed by atoms with Gasteiger partial charge in [-0.25, -0.2) is 0 Å². The molecule has 0 bridgehead atoms. The van der Waals surface area contributed by atoms with E-state index >= 15 is 0 Å². The fourth-order valence-corrected chi connectivity index (χ4v) is 3.16. The van der Waals surface area contributed by atoms with Crippen molar-refractivity contribution in [2.24, 2.45) is 0 Å². The minimum Gasteiger partial charge on any atom is -0.496 e. The summed E-state index contributed by atoms with van der Waals surface area (Å²) in [4.78, 5) is 1.24. The molecule has 0 aliphatic rings. The summed E-state index contributed by atoms with van der Waals surface area (Å²) in [5.41, 5.74) is 1.15. The molecule has 1 atom stereocenters. The summed E-state index contributed by atoms with van der Waals surface area (Å²) >= 11 is 13.7. The van der Waals surface area contributed by atoms with E-state index in [1.54, 1.807) is 18.4 Å². The number of thiophene rings is 1. The SMILES string of the molecule is CNC(Cc1ccc(Cl)c(Cl)c1)c1cc(OC)cs1. The van der Waals surface area contributed by atoms with Gasteiger partial charge >= 0.3 is 0 Å². The van der Waals surface area contributed by atoms with Gasteiger partial charge in [0.2, 0.25) is 0 Å². The van der Waals surface area contributed by atoms with Crippen molar-refractivity contribution in [1.29, 1.82) is 0 Å². The van der Waals surface area contributed by atoms with Crippen molar-refractivity contribution in [3.05, 3.63) is 50.1 Å². The molecule has 2 aromatic rings. The highest BCUT2D eigenvalue weighted by atomic mass is 35.5. The fourth-order valence-electron chi connectivity index (χ4n) is 1.87. The van der Waals surface area contributed by atoms with Crippen LogP contribution in [0.1, 0.15) is 16.5 Å². The zero-order valence-corrected chi connectivity index (χ0v) is 13.1. The highest BCUT2D eigenvalue weighted by Gasteiger charge is 2.13. The number of methoxy groups -OCH3 is 1. The van der Waals surface area contributed by atoms with E-state index in [4.69, 9.17) is 27.9 Å². The van der Waals surface area contributed by atoms with Crippen LogP contribution < -0.4 is 10.1 Å². The molecule has 0 radical (unpaired) electrons. The summed E-state index contributed by atoms with van der Waals surface area (Å²) in [6, 6.07) is 8.05.